The highest BCUT2D eigenvalue weighted by atomic mass is 16.4. The quantitative estimate of drug-likeness (QED) is 0.199. The van der Waals surface area contributed by atoms with E-state index in [1.165, 1.54) is 0 Å². The predicted molar refractivity (Wildman–Crippen MR) is 69.7 cm³/mol. The summed E-state index contributed by atoms with van der Waals surface area (Å²) in [6, 6.07) is -0.138. The number of rotatable bonds is 5. The molecule has 3 atom stereocenters. The highest BCUT2D eigenvalue weighted by molar-refractivity contribution is 6.32. The van der Waals surface area contributed by atoms with Crippen molar-refractivity contribution in [2.24, 2.45) is 11.0 Å². The summed E-state index contributed by atoms with van der Waals surface area (Å²) in [7, 11) is 3.81. The van der Waals surface area contributed by atoms with E-state index in [2.05, 4.69) is 10.0 Å². The molecule has 0 aromatic heterocycles. The minimum atomic E-state index is -0.138. The minimum absolute atomic E-state index is 0.00477. The van der Waals surface area contributed by atoms with E-state index in [0.717, 1.165) is 12.8 Å². The second kappa shape index (κ2) is 6.91. The third-order valence-electron chi connectivity index (χ3n) is 3.33. The molecule has 0 unspecified atom stereocenters. The van der Waals surface area contributed by atoms with Crippen LogP contribution in [0.5, 0.6) is 0 Å². The molecule has 18 heavy (non-hydrogen) atoms. The van der Waals surface area contributed by atoms with Gasteiger partial charge in [-0.1, -0.05) is 5.11 Å². The maximum atomic E-state index is 11.9. The Labute approximate surface area is 107 Å². The van der Waals surface area contributed by atoms with Gasteiger partial charge < -0.3 is 9.55 Å². The summed E-state index contributed by atoms with van der Waals surface area (Å²) < 4.78 is 4.97. The van der Waals surface area contributed by atoms with Gasteiger partial charge in [0.15, 0.2) is 0 Å². The molecule has 7 nitrogen and oxygen atoms in total. The first kappa shape index (κ1) is 14.4. The Morgan fingerprint density at radius 2 is 2.33 bits per heavy atom. The first-order valence-electron chi connectivity index (χ1n) is 5.96. The van der Waals surface area contributed by atoms with E-state index in [1.807, 2.05) is 0 Å². The van der Waals surface area contributed by atoms with Crippen molar-refractivity contribution in [1.29, 1.82) is 5.41 Å². The highest BCUT2D eigenvalue weighted by Crippen LogP contribution is 2.35. The lowest BCUT2D eigenvalue weighted by atomic mass is 9.64. The number of nitrogens with zero attached hydrogens (tertiary/aromatic N) is 4. The lowest BCUT2D eigenvalue weighted by Gasteiger charge is -2.33. The van der Waals surface area contributed by atoms with Crippen LogP contribution in [0.25, 0.3) is 10.4 Å². The van der Waals surface area contributed by atoms with Crippen LogP contribution in [0.3, 0.4) is 0 Å². The molecular weight excluding hydrogens is 233 g/mol. The van der Waals surface area contributed by atoms with Gasteiger partial charge in [-0.15, -0.1) is 0 Å². The normalized spacial score (nSPS) is 26.7. The summed E-state index contributed by atoms with van der Waals surface area (Å²) in [6.07, 6.45) is 2.96. The monoisotopic (exact) mass is 251 g/mol. The number of amides is 1. The Bertz CT molecular complexity index is 356. The smallest absolute Gasteiger partial charge is 0.344 e. The zero-order valence-corrected chi connectivity index (χ0v) is 10.7. The number of azide groups is 1. The zero-order chi connectivity index (χ0) is 13.5. The van der Waals surface area contributed by atoms with E-state index in [1.54, 1.807) is 19.0 Å². The van der Waals surface area contributed by atoms with Crippen LogP contribution < -0.4 is 0 Å². The maximum absolute atomic E-state index is 11.9. The molecule has 1 aliphatic carbocycles. The Morgan fingerprint density at radius 1 is 1.61 bits per heavy atom. The van der Waals surface area contributed by atoms with Gasteiger partial charge in [-0.25, -0.2) is 0 Å². The molecule has 0 aliphatic heterocycles. The van der Waals surface area contributed by atoms with Gasteiger partial charge in [0, 0.05) is 31.0 Å². The number of hydrogen-bond acceptors (Lipinski definition) is 4. The Kier molecular flexibility index (Phi) is 5.52. The van der Waals surface area contributed by atoms with Gasteiger partial charge in [0.2, 0.25) is 5.91 Å². The molecule has 1 saturated carbocycles. The van der Waals surface area contributed by atoms with Crippen LogP contribution >= 0.6 is 0 Å². The maximum Gasteiger partial charge on any atom is 0.344 e. The molecule has 1 rings (SSSR count). The molecule has 1 aliphatic rings. The Hall–Kier alpha value is -1.69. The summed E-state index contributed by atoms with van der Waals surface area (Å²) in [5.74, 6) is 0.0730. The van der Waals surface area contributed by atoms with Crippen molar-refractivity contribution < 1.29 is 9.45 Å². The minimum Gasteiger partial charge on any atom is -0.557 e. The second-order valence-corrected chi connectivity index (χ2v) is 4.73. The van der Waals surface area contributed by atoms with Gasteiger partial charge in [-0.2, -0.15) is 0 Å². The summed E-state index contributed by atoms with van der Waals surface area (Å²) in [4.78, 5) is 16.3. The molecule has 8 heteroatoms. The number of carbonyl (C=O) groups excluding carboxylic acids is 1. The number of hydrogen-bond donors (Lipinski definition) is 1. The highest BCUT2D eigenvalue weighted by Gasteiger charge is 2.35. The van der Waals surface area contributed by atoms with Crippen molar-refractivity contribution in [2.75, 3.05) is 14.1 Å². The predicted octanol–water partition coefficient (Wildman–Crippen LogP) is 1.32. The van der Waals surface area contributed by atoms with Crippen LogP contribution in [-0.2, 0) is 9.45 Å². The molecule has 1 fully saturated rings. The molecule has 0 spiro atoms. The molecule has 0 aromatic rings. The SMILES string of the molecule is CN(C)C(=O)[C@H]1CC[C@H](N=[N+]=[N-])[C@H](BOC=N)C1. The van der Waals surface area contributed by atoms with Gasteiger partial charge in [0.05, 0.1) is 0 Å². The zero-order valence-electron chi connectivity index (χ0n) is 10.7. The largest absolute Gasteiger partial charge is 0.557 e. The van der Waals surface area contributed by atoms with Crippen molar-refractivity contribution in [3.05, 3.63) is 10.4 Å². The fourth-order valence-electron chi connectivity index (χ4n) is 2.41. The Balaban J connectivity index is 2.68. The molecule has 1 N–H and O–H groups in total. The average molecular weight is 251 g/mol. The molecule has 0 radical (unpaired) electrons. The molecule has 0 bridgehead atoms. The number of carbonyl (C=O) groups is 1. The van der Waals surface area contributed by atoms with Gasteiger partial charge in [0.1, 0.15) is 6.40 Å². The average Bonchev–Trinajstić information content (AvgIpc) is 2.36. The van der Waals surface area contributed by atoms with Crippen molar-refractivity contribution in [2.45, 2.75) is 31.1 Å². The molecular formula is C10H18BN5O2. The fraction of sp³-hybridized carbons (Fsp3) is 0.800. The van der Waals surface area contributed by atoms with Crippen LogP contribution in [-0.4, -0.2) is 44.8 Å². The van der Waals surface area contributed by atoms with Crippen molar-refractivity contribution in [1.82, 2.24) is 4.90 Å². The van der Waals surface area contributed by atoms with Crippen LogP contribution in [0, 0.1) is 11.3 Å². The summed E-state index contributed by atoms with van der Waals surface area (Å²) in [6.45, 7) is 0. The topological polar surface area (TPSA) is 102 Å². The van der Waals surface area contributed by atoms with Crippen molar-refractivity contribution in [3.63, 3.8) is 0 Å². The molecule has 1 amide bonds. The first-order valence-corrected chi connectivity index (χ1v) is 5.96. The lowest BCUT2D eigenvalue weighted by molar-refractivity contribution is -0.134. The first-order chi connectivity index (χ1) is 8.60. The van der Waals surface area contributed by atoms with Crippen molar-refractivity contribution in [3.8, 4) is 0 Å². The van der Waals surface area contributed by atoms with E-state index in [9.17, 15) is 4.79 Å². The third kappa shape index (κ3) is 3.66. The standard InChI is InChI=1S/C10H18BN5O2/c1-16(2)10(17)7-3-4-9(14-15-13)8(5-7)11-18-6-12/h6-9,11-12H,3-5H2,1-2H3/t7-,8+,9-/m0/s1. The molecule has 98 valence electrons. The van der Waals surface area contributed by atoms with E-state index in [-0.39, 0.29) is 23.7 Å². The Morgan fingerprint density at radius 3 is 2.89 bits per heavy atom. The van der Waals surface area contributed by atoms with E-state index >= 15 is 0 Å². The fourth-order valence-corrected chi connectivity index (χ4v) is 2.41. The summed E-state index contributed by atoms with van der Waals surface area (Å²) in [5, 5.41) is 10.6. The number of nitrogens with one attached hydrogen (secondary N) is 1. The van der Waals surface area contributed by atoms with Gasteiger partial charge in [-0.05, 0) is 30.6 Å². The van der Waals surface area contributed by atoms with Gasteiger partial charge in [0.25, 0.3) is 0 Å². The van der Waals surface area contributed by atoms with E-state index < -0.39 is 0 Å². The van der Waals surface area contributed by atoms with Crippen LogP contribution in [0.15, 0.2) is 5.11 Å². The second-order valence-electron chi connectivity index (χ2n) is 4.73. The van der Waals surface area contributed by atoms with Crippen molar-refractivity contribution >= 4 is 19.8 Å². The molecule has 0 heterocycles. The van der Waals surface area contributed by atoms with Gasteiger partial charge in [-0.3, -0.25) is 10.2 Å². The van der Waals surface area contributed by atoms with Crippen LogP contribution in [0.1, 0.15) is 19.3 Å². The summed E-state index contributed by atoms with van der Waals surface area (Å²) in [5.41, 5.74) is 8.52. The summed E-state index contributed by atoms with van der Waals surface area (Å²) >= 11 is 0. The van der Waals surface area contributed by atoms with Crippen LogP contribution in [0.4, 0.5) is 0 Å². The van der Waals surface area contributed by atoms with Gasteiger partial charge >= 0.3 is 7.48 Å². The third-order valence-corrected chi connectivity index (χ3v) is 3.33. The molecule has 0 aromatic carbocycles. The van der Waals surface area contributed by atoms with E-state index in [4.69, 9.17) is 15.6 Å². The molecule has 0 saturated heterocycles. The van der Waals surface area contributed by atoms with Crippen LogP contribution in [0.2, 0.25) is 5.82 Å². The van der Waals surface area contributed by atoms with E-state index in [0.29, 0.717) is 20.3 Å². The lowest BCUT2D eigenvalue weighted by Crippen LogP contribution is -2.37.